The monoisotopic (exact) mass is 458 g/mol. The van der Waals surface area contributed by atoms with Gasteiger partial charge in [0.15, 0.2) is 5.65 Å². The molecule has 2 fully saturated rings. The minimum Gasteiger partial charge on any atom is -0.367 e. The predicted molar refractivity (Wildman–Crippen MR) is 125 cm³/mol. The first kappa shape index (κ1) is 20.8. The number of carbonyl (C=O) groups is 3. The third-order valence-corrected chi connectivity index (χ3v) is 7.16. The fraction of sp³-hybridized carbons (Fsp3) is 0.400. The van der Waals surface area contributed by atoms with Gasteiger partial charge in [-0.05, 0) is 48.6 Å². The summed E-state index contributed by atoms with van der Waals surface area (Å²) in [5.41, 5.74) is 4.03. The summed E-state index contributed by atoms with van der Waals surface area (Å²) in [5.74, 6) is -0.0115. The lowest BCUT2D eigenvalue weighted by Gasteiger charge is -2.29. The molecule has 0 unspecified atom stereocenters. The number of imide groups is 1. The summed E-state index contributed by atoms with van der Waals surface area (Å²) in [7, 11) is 0. The Balaban J connectivity index is 1.28. The van der Waals surface area contributed by atoms with E-state index in [2.05, 4.69) is 15.7 Å². The number of nitrogens with one attached hydrogen (secondary N) is 2. The Bertz CT molecular complexity index is 1310. The van der Waals surface area contributed by atoms with Gasteiger partial charge in [0.1, 0.15) is 11.9 Å². The Hall–Kier alpha value is -3.75. The van der Waals surface area contributed by atoms with Crippen LogP contribution in [0.5, 0.6) is 0 Å². The summed E-state index contributed by atoms with van der Waals surface area (Å²) < 4.78 is 1.76. The molecule has 3 aliphatic rings. The number of benzene rings is 1. The van der Waals surface area contributed by atoms with Gasteiger partial charge in [-0.1, -0.05) is 25.3 Å². The van der Waals surface area contributed by atoms with Gasteiger partial charge in [0.05, 0.1) is 6.20 Å². The van der Waals surface area contributed by atoms with E-state index in [4.69, 9.17) is 4.98 Å². The first-order chi connectivity index (χ1) is 16.6. The number of rotatable bonds is 4. The Morgan fingerprint density at radius 3 is 2.68 bits per heavy atom. The van der Waals surface area contributed by atoms with Crippen LogP contribution in [0.2, 0.25) is 0 Å². The number of hydrogen-bond donors (Lipinski definition) is 2. The standard InChI is InChI=1S/C25H26N6O3/c32-22-9-8-20(24(33)29-22)30-14-16-12-15(6-7-18(16)25(30)34)19-13-26-31-11-10-21(28-23(19)31)27-17-4-2-1-3-5-17/h6-7,10-13,17,20H,1-5,8-9,14H2,(H,27,28)(H,29,32,33)/t20-/m0/s1. The van der Waals surface area contributed by atoms with Crippen molar-refractivity contribution in [1.29, 1.82) is 0 Å². The molecule has 9 heteroatoms. The van der Waals surface area contributed by atoms with Crippen molar-refractivity contribution in [2.45, 2.75) is 63.6 Å². The average molecular weight is 459 g/mol. The van der Waals surface area contributed by atoms with Crippen LogP contribution in [0.3, 0.4) is 0 Å². The summed E-state index contributed by atoms with van der Waals surface area (Å²) in [6, 6.07) is 7.50. The summed E-state index contributed by atoms with van der Waals surface area (Å²) in [6.07, 6.45) is 10.5. The number of nitrogens with zero attached hydrogens (tertiary/aromatic N) is 4. The molecule has 9 nitrogen and oxygen atoms in total. The number of piperidine rings is 1. The van der Waals surface area contributed by atoms with E-state index in [0.29, 0.717) is 24.6 Å². The molecule has 0 bridgehead atoms. The first-order valence-electron chi connectivity index (χ1n) is 12.0. The molecule has 1 aliphatic carbocycles. The van der Waals surface area contributed by atoms with E-state index in [0.717, 1.165) is 28.2 Å². The maximum atomic E-state index is 13.0. The lowest BCUT2D eigenvalue weighted by molar-refractivity contribution is -0.136. The topological polar surface area (TPSA) is 109 Å². The van der Waals surface area contributed by atoms with Gasteiger partial charge in [0.2, 0.25) is 11.8 Å². The summed E-state index contributed by atoms with van der Waals surface area (Å²) in [4.78, 5) is 43.2. The van der Waals surface area contributed by atoms with Gasteiger partial charge in [-0.25, -0.2) is 9.50 Å². The van der Waals surface area contributed by atoms with Gasteiger partial charge < -0.3 is 10.2 Å². The van der Waals surface area contributed by atoms with Gasteiger partial charge in [-0.2, -0.15) is 5.10 Å². The van der Waals surface area contributed by atoms with Gasteiger partial charge in [-0.15, -0.1) is 0 Å². The molecular weight excluding hydrogens is 432 g/mol. The number of aromatic nitrogens is 3. The van der Waals surface area contributed by atoms with Crippen molar-refractivity contribution < 1.29 is 14.4 Å². The van der Waals surface area contributed by atoms with Crippen molar-refractivity contribution in [3.63, 3.8) is 0 Å². The van der Waals surface area contributed by atoms with E-state index in [1.165, 1.54) is 32.1 Å². The van der Waals surface area contributed by atoms with E-state index in [9.17, 15) is 14.4 Å². The summed E-state index contributed by atoms with van der Waals surface area (Å²) >= 11 is 0. The zero-order chi connectivity index (χ0) is 23.2. The molecule has 1 aromatic carbocycles. The van der Waals surface area contributed by atoms with Crippen molar-refractivity contribution >= 4 is 29.2 Å². The molecule has 174 valence electrons. The highest BCUT2D eigenvalue weighted by atomic mass is 16.2. The van der Waals surface area contributed by atoms with Crippen molar-refractivity contribution in [1.82, 2.24) is 24.8 Å². The lowest BCUT2D eigenvalue weighted by Crippen LogP contribution is -2.52. The number of anilines is 1. The lowest BCUT2D eigenvalue weighted by atomic mass is 9.95. The molecular formula is C25H26N6O3. The van der Waals surface area contributed by atoms with Crippen molar-refractivity contribution in [3.8, 4) is 11.1 Å². The van der Waals surface area contributed by atoms with Crippen LogP contribution in [0.15, 0.2) is 36.7 Å². The SMILES string of the molecule is O=C1CC[C@H](N2Cc3cc(-c4cnn5ccc(NC6CCCCC6)nc45)ccc3C2=O)C(=O)N1. The van der Waals surface area contributed by atoms with Crippen LogP contribution < -0.4 is 10.6 Å². The van der Waals surface area contributed by atoms with Gasteiger partial charge >= 0.3 is 0 Å². The zero-order valence-corrected chi connectivity index (χ0v) is 18.8. The van der Waals surface area contributed by atoms with Crippen LogP contribution in [-0.2, 0) is 16.1 Å². The van der Waals surface area contributed by atoms with Crippen LogP contribution in [-0.4, -0.2) is 49.3 Å². The quantitative estimate of drug-likeness (QED) is 0.582. The van der Waals surface area contributed by atoms with Crippen LogP contribution in [0.1, 0.15) is 60.9 Å². The highest BCUT2D eigenvalue weighted by Gasteiger charge is 2.39. The molecule has 2 aliphatic heterocycles. The Morgan fingerprint density at radius 2 is 1.85 bits per heavy atom. The predicted octanol–water partition coefficient (Wildman–Crippen LogP) is 2.90. The molecule has 6 rings (SSSR count). The zero-order valence-electron chi connectivity index (χ0n) is 18.8. The van der Waals surface area contributed by atoms with Crippen molar-refractivity contribution in [3.05, 3.63) is 47.8 Å². The second-order valence-corrected chi connectivity index (χ2v) is 9.39. The van der Waals surface area contributed by atoms with E-state index in [1.807, 2.05) is 30.5 Å². The molecule has 2 aromatic heterocycles. The maximum absolute atomic E-state index is 13.0. The largest absolute Gasteiger partial charge is 0.367 e. The highest BCUT2D eigenvalue weighted by molar-refractivity contribution is 6.05. The van der Waals surface area contributed by atoms with Crippen LogP contribution >= 0.6 is 0 Å². The second kappa shape index (κ2) is 8.23. The molecule has 0 spiro atoms. The van der Waals surface area contributed by atoms with E-state index >= 15 is 0 Å². The van der Waals surface area contributed by atoms with Crippen molar-refractivity contribution in [2.24, 2.45) is 0 Å². The molecule has 4 heterocycles. The van der Waals surface area contributed by atoms with E-state index in [-0.39, 0.29) is 18.2 Å². The Labute approximate surface area is 196 Å². The van der Waals surface area contributed by atoms with E-state index in [1.54, 1.807) is 15.6 Å². The van der Waals surface area contributed by atoms with E-state index < -0.39 is 11.9 Å². The second-order valence-electron chi connectivity index (χ2n) is 9.39. The molecule has 0 radical (unpaired) electrons. The third-order valence-electron chi connectivity index (χ3n) is 7.16. The van der Waals surface area contributed by atoms with Gasteiger partial charge in [0.25, 0.3) is 5.91 Å². The molecule has 1 atom stereocenters. The fourth-order valence-corrected chi connectivity index (χ4v) is 5.35. The van der Waals surface area contributed by atoms with Gasteiger partial charge in [0, 0.05) is 36.3 Å². The molecule has 1 saturated carbocycles. The highest BCUT2D eigenvalue weighted by Crippen LogP contribution is 2.32. The van der Waals surface area contributed by atoms with Crippen LogP contribution in [0.4, 0.5) is 5.82 Å². The molecule has 1 saturated heterocycles. The van der Waals surface area contributed by atoms with Crippen LogP contribution in [0, 0.1) is 0 Å². The van der Waals surface area contributed by atoms with Crippen molar-refractivity contribution in [2.75, 3.05) is 5.32 Å². The number of fused-ring (bicyclic) bond motifs is 2. The normalized spacial score (nSPS) is 21.1. The smallest absolute Gasteiger partial charge is 0.255 e. The molecule has 3 amide bonds. The molecule has 3 aromatic rings. The Morgan fingerprint density at radius 1 is 1.00 bits per heavy atom. The van der Waals surface area contributed by atoms with Crippen LogP contribution in [0.25, 0.3) is 16.8 Å². The Kier molecular flexibility index (Phi) is 5.04. The average Bonchev–Trinajstić information content (AvgIpc) is 3.40. The number of amides is 3. The molecule has 2 N–H and O–H groups in total. The molecule has 34 heavy (non-hydrogen) atoms. The number of carbonyl (C=O) groups excluding carboxylic acids is 3. The minimum atomic E-state index is -0.617. The number of hydrogen-bond acceptors (Lipinski definition) is 6. The maximum Gasteiger partial charge on any atom is 0.255 e. The first-order valence-corrected chi connectivity index (χ1v) is 12.0. The summed E-state index contributed by atoms with van der Waals surface area (Å²) in [5, 5.41) is 10.4. The van der Waals surface area contributed by atoms with Gasteiger partial charge in [-0.3, -0.25) is 19.7 Å². The fourth-order valence-electron chi connectivity index (χ4n) is 5.35. The minimum absolute atomic E-state index is 0.173. The summed E-state index contributed by atoms with van der Waals surface area (Å²) in [6.45, 7) is 0.343. The third kappa shape index (κ3) is 3.61.